The van der Waals surface area contributed by atoms with Gasteiger partial charge in [0.2, 0.25) is 0 Å². The van der Waals surface area contributed by atoms with Crippen LogP contribution < -0.4 is 0 Å². The molecule has 0 saturated carbocycles. The molecular formula is C24H33NO2. The van der Waals surface area contributed by atoms with Gasteiger partial charge in [-0.15, -0.1) is 0 Å². The molecular weight excluding hydrogens is 334 g/mol. The lowest BCUT2D eigenvalue weighted by Crippen LogP contribution is -2.04. The van der Waals surface area contributed by atoms with Gasteiger partial charge in [0.25, 0.3) is 0 Å². The number of carbonyl (C=O) groups is 1. The molecule has 0 saturated heterocycles. The summed E-state index contributed by atoms with van der Waals surface area (Å²) in [5.74, 6) is 6.10. The van der Waals surface area contributed by atoms with Crippen molar-refractivity contribution in [3.63, 3.8) is 0 Å². The van der Waals surface area contributed by atoms with Gasteiger partial charge in [-0.25, -0.2) is 0 Å². The highest BCUT2D eigenvalue weighted by Gasteiger charge is 2.03. The molecule has 0 bridgehead atoms. The standard InChI is InChI=1S/C24H33NO2/c1-2-3-4-5-6-7-8-9-10-11-12-13-14-15-16-19-24(26)27-22-23-18-17-20-25-21-23/h8-11,17-18,20-21H,2-5,12-16,19,22H2,1H3/b9-8+,11-10+. The van der Waals surface area contributed by atoms with E-state index in [2.05, 4.69) is 35.9 Å². The van der Waals surface area contributed by atoms with Crippen LogP contribution in [0.5, 0.6) is 0 Å². The van der Waals surface area contributed by atoms with Crippen molar-refractivity contribution in [3.8, 4) is 11.8 Å². The topological polar surface area (TPSA) is 39.2 Å². The van der Waals surface area contributed by atoms with E-state index in [0.717, 1.165) is 44.1 Å². The second kappa shape index (κ2) is 17.1. The van der Waals surface area contributed by atoms with Crippen LogP contribution in [0.4, 0.5) is 0 Å². The van der Waals surface area contributed by atoms with Gasteiger partial charge in [0.05, 0.1) is 0 Å². The molecule has 3 nitrogen and oxygen atoms in total. The van der Waals surface area contributed by atoms with Crippen LogP contribution in [0.1, 0.15) is 76.7 Å². The van der Waals surface area contributed by atoms with Gasteiger partial charge < -0.3 is 4.74 Å². The molecule has 1 rings (SSSR count). The van der Waals surface area contributed by atoms with Crippen molar-refractivity contribution in [2.75, 3.05) is 0 Å². The highest BCUT2D eigenvalue weighted by Crippen LogP contribution is 2.08. The average Bonchev–Trinajstić information content (AvgIpc) is 2.70. The van der Waals surface area contributed by atoms with Crippen LogP contribution in [0.3, 0.4) is 0 Å². The molecule has 0 aliphatic rings. The van der Waals surface area contributed by atoms with Crippen molar-refractivity contribution in [1.82, 2.24) is 4.98 Å². The van der Waals surface area contributed by atoms with Gasteiger partial charge in [0.15, 0.2) is 0 Å². The molecule has 0 spiro atoms. The Balaban J connectivity index is 1.92. The quantitative estimate of drug-likeness (QED) is 0.181. The number of unbranched alkanes of at least 4 members (excludes halogenated alkanes) is 7. The van der Waals surface area contributed by atoms with E-state index in [-0.39, 0.29) is 5.97 Å². The summed E-state index contributed by atoms with van der Waals surface area (Å²) in [6, 6.07) is 3.75. The number of pyridine rings is 1. The minimum atomic E-state index is -0.125. The van der Waals surface area contributed by atoms with Gasteiger partial charge in [-0.1, -0.05) is 68.7 Å². The number of aromatic nitrogens is 1. The lowest BCUT2D eigenvalue weighted by atomic mass is 10.1. The van der Waals surface area contributed by atoms with Crippen LogP contribution in [0.2, 0.25) is 0 Å². The Labute approximate surface area is 164 Å². The highest BCUT2D eigenvalue weighted by molar-refractivity contribution is 5.69. The number of rotatable bonds is 13. The molecule has 3 heteroatoms. The third-order valence-electron chi connectivity index (χ3n) is 4.06. The lowest BCUT2D eigenvalue weighted by Gasteiger charge is -2.04. The van der Waals surface area contributed by atoms with E-state index in [9.17, 15) is 4.79 Å². The normalized spacial score (nSPS) is 10.9. The molecule has 1 heterocycles. The highest BCUT2D eigenvalue weighted by atomic mass is 16.5. The molecule has 0 aliphatic carbocycles. The molecule has 1 aromatic heterocycles. The summed E-state index contributed by atoms with van der Waals surface area (Å²) < 4.78 is 5.24. The number of carbonyl (C=O) groups excluding carboxylic acids is 1. The monoisotopic (exact) mass is 367 g/mol. The SMILES string of the molecule is CCCCCC#C/C=C/C=C/CCCCCCC(=O)OCc1cccnc1. The first-order valence-electron chi connectivity index (χ1n) is 10.2. The molecule has 0 fully saturated rings. The Morgan fingerprint density at radius 1 is 1.15 bits per heavy atom. The number of nitrogens with zero attached hydrogens (tertiary/aromatic N) is 1. The van der Waals surface area contributed by atoms with Crippen LogP contribution in [0.25, 0.3) is 0 Å². The van der Waals surface area contributed by atoms with E-state index in [4.69, 9.17) is 4.74 Å². The summed E-state index contributed by atoms with van der Waals surface area (Å²) in [5.41, 5.74) is 0.925. The Morgan fingerprint density at radius 2 is 2.04 bits per heavy atom. The zero-order valence-corrected chi connectivity index (χ0v) is 16.7. The maximum atomic E-state index is 11.7. The maximum Gasteiger partial charge on any atom is 0.306 e. The van der Waals surface area contributed by atoms with Crippen molar-refractivity contribution in [1.29, 1.82) is 0 Å². The van der Waals surface area contributed by atoms with Crippen LogP contribution in [-0.2, 0) is 16.1 Å². The zero-order chi connectivity index (χ0) is 19.4. The van der Waals surface area contributed by atoms with Crippen LogP contribution in [0, 0.1) is 11.8 Å². The van der Waals surface area contributed by atoms with E-state index in [1.54, 1.807) is 12.4 Å². The van der Waals surface area contributed by atoms with Gasteiger partial charge in [0, 0.05) is 30.8 Å². The van der Waals surface area contributed by atoms with Crippen LogP contribution in [0.15, 0.2) is 48.8 Å². The second-order valence-electron chi connectivity index (χ2n) is 6.54. The summed E-state index contributed by atoms with van der Waals surface area (Å²) in [7, 11) is 0. The van der Waals surface area contributed by atoms with E-state index >= 15 is 0 Å². The maximum absolute atomic E-state index is 11.7. The fourth-order valence-corrected chi connectivity index (χ4v) is 2.48. The molecule has 0 aromatic carbocycles. The average molecular weight is 368 g/mol. The van der Waals surface area contributed by atoms with Crippen molar-refractivity contribution >= 4 is 5.97 Å². The number of hydrogen-bond donors (Lipinski definition) is 0. The number of ether oxygens (including phenoxy) is 1. The first kappa shape index (κ1) is 22.7. The summed E-state index contributed by atoms with van der Waals surface area (Å²) in [6.45, 7) is 2.52. The van der Waals surface area contributed by atoms with Gasteiger partial charge in [-0.2, -0.15) is 0 Å². The van der Waals surface area contributed by atoms with Gasteiger partial charge in [0.1, 0.15) is 6.61 Å². The first-order valence-corrected chi connectivity index (χ1v) is 10.2. The second-order valence-corrected chi connectivity index (χ2v) is 6.54. The number of allylic oxidation sites excluding steroid dienone is 4. The molecule has 0 radical (unpaired) electrons. The van der Waals surface area contributed by atoms with E-state index < -0.39 is 0 Å². The Bertz CT molecular complexity index is 608. The van der Waals surface area contributed by atoms with E-state index in [0.29, 0.717) is 13.0 Å². The van der Waals surface area contributed by atoms with Crippen molar-refractivity contribution in [2.45, 2.75) is 77.7 Å². The summed E-state index contributed by atoms with van der Waals surface area (Å²) in [4.78, 5) is 15.7. The van der Waals surface area contributed by atoms with Crippen LogP contribution >= 0.6 is 0 Å². The van der Waals surface area contributed by atoms with Gasteiger partial charge in [-0.3, -0.25) is 9.78 Å². The van der Waals surface area contributed by atoms with Crippen molar-refractivity contribution in [2.24, 2.45) is 0 Å². The molecule has 27 heavy (non-hydrogen) atoms. The predicted molar refractivity (Wildman–Crippen MR) is 112 cm³/mol. The van der Waals surface area contributed by atoms with E-state index in [1.807, 2.05) is 24.3 Å². The van der Waals surface area contributed by atoms with Gasteiger partial charge in [-0.05, 0) is 37.8 Å². The number of hydrogen-bond acceptors (Lipinski definition) is 3. The smallest absolute Gasteiger partial charge is 0.306 e. The molecule has 146 valence electrons. The van der Waals surface area contributed by atoms with E-state index in [1.165, 1.54) is 19.3 Å². The third-order valence-corrected chi connectivity index (χ3v) is 4.06. The fourth-order valence-electron chi connectivity index (χ4n) is 2.48. The van der Waals surface area contributed by atoms with Crippen LogP contribution in [-0.4, -0.2) is 11.0 Å². The summed E-state index contributed by atoms with van der Waals surface area (Å²) >= 11 is 0. The molecule has 0 atom stereocenters. The molecule has 0 unspecified atom stereocenters. The minimum Gasteiger partial charge on any atom is -0.461 e. The molecule has 0 amide bonds. The van der Waals surface area contributed by atoms with Crippen molar-refractivity contribution < 1.29 is 9.53 Å². The minimum absolute atomic E-state index is 0.125. The third kappa shape index (κ3) is 14.5. The molecule has 1 aromatic rings. The zero-order valence-electron chi connectivity index (χ0n) is 16.7. The summed E-state index contributed by atoms with van der Waals surface area (Å²) in [6.07, 6.45) is 22.1. The first-order chi connectivity index (χ1) is 13.3. The Hall–Kier alpha value is -2.34. The van der Waals surface area contributed by atoms with Gasteiger partial charge >= 0.3 is 5.97 Å². The fraction of sp³-hybridized carbons (Fsp3) is 0.500. The van der Waals surface area contributed by atoms with Crippen molar-refractivity contribution in [3.05, 3.63) is 54.4 Å². The molecule has 0 N–H and O–H groups in total. The largest absolute Gasteiger partial charge is 0.461 e. The number of esters is 1. The summed E-state index contributed by atoms with van der Waals surface area (Å²) in [5, 5.41) is 0. The lowest BCUT2D eigenvalue weighted by molar-refractivity contribution is -0.145. The Morgan fingerprint density at radius 3 is 2.85 bits per heavy atom. The molecule has 0 aliphatic heterocycles. The Kier molecular flexibility index (Phi) is 14.4. The predicted octanol–water partition coefficient (Wildman–Crippen LogP) is 6.16.